The zero-order valence-corrected chi connectivity index (χ0v) is 10.6. The van der Waals surface area contributed by atoms with Crippen molar-refractivity contribution in [2.24, 2.45) is 0 Å². The van der Waals surface area contributed by atoms with Crippen LogP contribution in [0.2, 0.25) is 0 Å². The molecule has 0 saturated carbocycles. The molecule has 0 radical (unpaired) electrons. The fourth-order valence-electron chi connectivity index (χ4n) is 2.23. The summed E-state index contributed by atoms with van der Waals surface area (Å²) >= 11 is 0. The van der Waals surface area contributed by atoms with Crippen molar-refractivity contribution in [3.05, 3.63) is 11.1 Å². The SMILES string of the molecule is CCCCCCCC1=C(C)C(C)OCC1. The third-order valence-corrected chi connectivity index (χ3v) is 3.52. The number of hydrogen-bond acceptors (Lipinski definition) is 1. The summed E-state index contributed by atoms with van der Waals surface area (Å²) in [5.74, 6) is 0. The van der Waals surface area contributed by atoms with E-state index in [0.717, 1.165) is 6.61 Å². The van der Waals surface area contributed by atoms with Crippen LogP contribution in [-0.4, -0.2) is 12.7 Å². The predicted octanol–water partition coefficient (Wildman–Crippen LogP) is 4.47. The molecule has 0 spiro atoms. The maximum atomic E-state index is 5.61. The van der Waals surface area contributed by atoms with Crippen molar-refractivity contribution in [1.29, 1.82) is 0 Å². The molecule has 88 valence electrons. The van der Waals surface area contributed by atoms with E-state index in [1.54, 1.807) is 5.57 Å². The van der Waals surface area contributed by atoms with Crippen LogP contribution in [0.5, 0.6) is 0 Å². The van der Waals surface area contributed by atoms with Gasteiger partial charge in [0.2, 0.25) is 0 Å². The highest BCUT2D eigenvalue weighted by Gasteiger charge is 2.15. The molecule has 0 N–H and O–H groups in total. The Kier molecular flexibility index (Phi) is 6.00. The Labute approximate surface area is 94.9 Å². The molecular weight excluding hydrogens is 184 g/mol. The van der Waals surface area contributed by atoms with Gasteiger partial charge in [-0.1, -0.05) is 38.2 Å². The van der Waals surface area contributed by atoms with Gasteiger partial charge in [-0.2, -0.15) is 0 Å². The van der Waals surface area contributed by atoms with Gasteiger partial charge in [0.1, 0.15) is 0 Å². The van der Waals surface area contributed by atoms with Gasteiger partial charge >= 0.3 is 0 Å². The molecular formula is C14H26O. The summed E-state index contributed by atoms with van der Waals surface area (Å²) in [5, 5.41) is 0. The van der Waals surface area contributed by atoms with Crippen LogP contribution in [0.1, 0.15) is 65.7 Å². The summed E-state index contributed by atoms with van der Waals surface area (Å²) in [6, 6.07) is 0. The monoisotopic (exact) mass is 210 g/mol. The lowest BCUT2D eigenvalue weighted by molar-refractivity contribution is 0.0787. The zero-order valence-electron chi connectivity index (χ0n) is 10.6. The predicted molar refractivity (Wildman–Crippen MR) is 66.1 cm³/mol. The molecule has 15 heavy (non-hydrogen) atoms. The van der Waals surface area contributed by atoms with Crippen LogP contribution in [-0.2, 0) is 4.74 Å². The first-order chi connectivity index (χ1) is 7.25. The average Bonchev–Trinajstić information content (AvgIpc) is 2.24. The minimum absolute atomic E-state index is 0.365. The Balaban J connectivity index is 2.22. The number of hydrogen-bond donors (Lipinski definition) is 0. The molecule has 0 aromatic rings. The molecule has 0 amide bonds. The Morgan fingerprint density at radius 2 is 1.93 bits per heavy atom. The van der Waals surface area contributed by atoms with Crippen molar-refractivity contribution in [3.8, 4) is 0 Å². The summed E-state index contributed by atoms with van der Waals surface area (Å²) in [7, 11) is 0. The second kappa shape index (κ2) is 7.05. The van der Waals surface area contributed by atoms with Gasteiger partial charge in [-0.3, -0.25) is 0 Å². The van der Waals surface area contributed by atoms with Gasteiger partial charge in [0.15, 0.2) is 0 Å². The van der Waals surface area contributed by atoms with Crippen molar-refractivity contribution >= 4 is 0 Å². The summed E-state index contributed by atoms with van der Waals surface area (Å²) < 4.78 is 5.61. The third kappa shape index (κ3) is 4.38. The summed E-state index contributed by atoms with van der Waals surface area (Å²) in [6.07, 6.45) is 9.77. The first-order valence-electron chi connectivity index (χ1n) is 6.55. The van der Waals surface area contributed by atoms with Crippen LogP contribution in [0, 0.1) is 0 Å². The molecule has 1 atom stereocenters. The van der Waals surface area contributed by atoms with Gasteiger partial charge in [0.25, 0.3) is 0 Å². The van der Waals surface area contributed by atoms with Crippen molar-refractivity contribution in [2.75, 3.05) is 6.61 Å². The highest BCUT2D eigenvalue weighted by Crippen LogP contribution is 2.25. The van der Waals surface area contributed by atoms with E-state index in [9.17, 15) is 0 Å². The lowest BCUT2D eigenvalue weighted by atomic mass is 9.95. The van der Waals surface area contributed by atoms with E-state index < -0.39 is 0 Å². The fourth-order valence-corrected chi connectivity index (χ4v) is 2.23. The lowest BCUT2D eigenvalue weighted by Gasteiger charge is -2.24. The number of unbranched alkanes of at least 4 members (excludes halogenated alkanes) is 4. The molecule has 1 aliphatic heterocycles. The molecule has 1 aliphatic rings. The average molecular weight is 210 g/mol. The molecule has 1 heterocycles. The molecule has 1 unspecified atom stereocenters. The first kappa shape index (κ1) is 12.8. The highest BCUT2D eigenvalue weighted by atomic mass is 16.5. The van der Waals surface area contributed by atoms with Gasteiger partial charge < -0.3 is 4.74 Å². The van der Waals surface area contributed by atoms with E-state index in [2.05, 4.69) is 20.8 Å². The van der Waals surface area contributed by atoms with Gasteiger partial charge in [-0.05, 0) is 38.7 Å². The number of rotatable bonds is 6. The quantitative estimate of drug-likeness (QED) is 0.464. The van der Waals surface area contributed by atoms with Gasteiger partial charge in [-0.15, -0.1) is 0 Å². The van der Waals surface area contributed by atoms with Crippen LogP contribution in [0.25, 0.3) is 0 Å². The molecule has 1 heteroatoms. The Hall–Kier alpha value is -0.300. The minimum atomic E-state index is 0.365. The molecule has 0 aromatic heterocycles. The van der Waals surface area contributed by atoms with E-state index in [0.29, 0.717) is 6.10 Å². The largest absolute Gasteiger partial charge is 0.374 e. The Morgan fingerprint density at radius 1 is 1.20 bits per heavy atom. The summed E-state index contributed by atoms with van der Waals surface area (Å²) in [5.41, 5.74) is 3.17. The maximum Gasteiger partial charge on any atom is 0.0756 e. The van der Waals surface area contributed by atoms with Gasteiger partial charge in [-0.25, -0.2) is 0 Å². The van der Waals surface area contributed by atoms with Crippen molar-refractivity contribution < 1.29 is 4.74 Å². The van der Waals surface area contributed by atoms with E-state index in [-0.39, 0.29) is 0 Å². The van der Waals surface area contributed by atoms with E-state index >= 15 is 0 Å². The van der Waals surface area contributed by atoms with Crippen molar-refractivity contribution in [2.45, 2.75) is 71.8 Å². The van der Waals surface area contributed by atoms with Crippen LogP contribution in [0.15, 0.2) is 11.1 Å². The Morgan fingerprint density at radius 3 is 2.67 bits per heavy atom. The molecule has 0 aromatic carbocycles. The zero-order chi connectivity index (χ0) is 11.1. The second-order valence-corrected chi connectivity index (χ2v) is 4.71. The van der Waals surface area contributed by atoms with E-state index in [1.165, 1.54) is 50.5 Å². The normalized spacial score (nSPS) is 22.2. The number of ether oxygens (including phenoxy) is 1. The fraction of sp³-hybridized carbons (Fsp3) is 0.857. The molecule has 0 aliphatic carbocycles. The lowest BCUT2D eigenvalue weighted by Crippen LogP contribution is -2.18. The first-order valence-corrected chi connectivity index (χ1v) is 6.55. The van der Waals surface area contributed by atoms with E-state index in [1.807, 2.05) is 0 Å². The van der Waals surface area contributed by atoms with Crippen LogP contribution in [0.3, 0.4) is 0 Å². The van der Waals surface area contributed by atoms with Crippen LogP contribution < -0.4 is 0 Å². The third-order valence-electron chi connectivity index (χ3n) is 3.52. The summed E-state index contributed by atoms with van der Waals surface area (Å²) in [4.78, 5) is 0. The molecule has 1 rings (SSSR count). The van der Waals surface area contributed by atoms with Crippen molar-refractivity contribution in [3.63, 3.8) is 0 Å². The molecule has 0 fully saturated rings. The Bertz CT molecular complexity index is 205. The van der Waals surface area contributed by atoms with Crippen LogP contribution in [0.4, 0.5) is 0 Å². The van der Waals surface area contributed by atoms with Gasteiger partial charge in [0.05, 0.1) is 12.7 Å². The molecule has 0 saturated heterocycles. The topological polar surface area (TPSA) is 9.23 Å². The molecule has 1 nitrogen and oxygen atoms in total. The van der Waals surface area contributed by atoms with Crippen molar-refractivity contribution in [1.82, 2.24) is 0 Å². The minimum Gasteiger partial charge on any atom is -0.374 e. The van der Waals surface area contributed by atoms with E-state index in [4.69, 9.17) is 4.74 Å². The van der Waals surface area contributed by atoms with Gasteiger partial charge in [0, 0.05) is 0 Å². The summed E-state index contributed by atoms with van der Waals surface area (Å²) in [6.45, 7) is 7.62. The highest BCUT2D eigenvalue weighted by molar-refractivity contribution is 5.17. The standard InChI is InChI=1S/C14H26O/c1-4-5-6-7-8-9-14-10-11-15-13(3)12(14)2/h13H,4-11H2,1-3H3. The smallest absolute Gasteiger partial charge is 0.0756 e. The molecule has 0 bridgehead atoms. The van der Waals surface area contributed by atoms with Crippen LogP contribution >= 0.6 is 0 Å². The maximum absolute atomic E-state index is 5.61. The second-order valence-electron chi connectivity index (χ2n) is 4.71.